The molecule has 0 aromatic carbocycles. The van der Waals surface area contributed by atoms with Crippen LogP contribution in [0.2, 0.25) is 0 Å². The average molecular weight is 451 g/mol. The third kappa shape index (κ3) is 4.80. The first-order valence-electron chi connectivity index (χ1n) is 11.9. The van der Waals surface area contributed by atoms with Crippen molar-refractivity contribution in [3.05, 3.63) is 0 Å². The minimum atomic E-state index is -3.17. The van der Waals surface area contributed by atoms with Crippen molar-refractivity contribution in [2.24, 2.45) is 0 Å². The SMILES string of the molecule is COCCN(CCOC)P(Cl)(N1CCCCC1)(N1CCCCC1)N1CCCCC1. The van der Waals surface area contributed by atoms with Crippen molar-refractivity contribution < 1.29 is 9.47 Å². The molecular formula is C21H44ClN4O2P. The number of ether oxygens (including phenoxy) is 2. The molecule has 3 heterocycles. The van der Waals surface area contributed by atoms with E-state index in [0.29, 0.717) is 13.2 Å². The molecule has 0 spiro atoms. The monoisotopic (exact) mass is 450 g/mol. The van der Waals surface area contributed by atoms with Crippen LogP contribution >= 0.6 is 17.8 Å². The second-order valence-corrected chi connectivity index (χ2v) is 14.6. The van der Waals surface area contributed by atoms with Crippen LogP contribution in [0.5, 0.6) is 0 Å². The van der Waals surface area contributed by atoms with Gasteiger partial charge in [0.2, 0.25) is 0 Å². The van der Waals surface area contributed by atoms with Crippen LogP contribution in [0.1, 0.15) is 57.8 Å². The first kappa shape index (κ1) is 24.1. The number of halogens is 1. The van der Waals surface area contributed by atoms with Crippen LogP contribution in [0.25, 0.3) is 0 Å². The summed E-state index contributed by atoms with van der Waals surface area (Å²) in [4.78, 5) is 0. The summed E-state index contributed by atoms with van der Waals surface area (Å²) in [6.45, 7) is 6.68. The maximum atomic E-state index is 8.39. The molecule has 0 aromatic rings. The molecule has 0 amide bonds. The molecule has 0 radical (unpaired) electrons. The molecule has 0 bridgehead atoms. The second kappa shape index (κ2) is 11.4. The molecule has 0 unspecified atom stereocenters. The van der Waals surface area contributed by atoms with Crippen molar-refractivity contribution in [3.8, 4) is 0 Å². The molecule has 29 heavy (non-hydrogen) atoms. The summed E-state index contributed by atoms with van der Waals surface area (Å²) in [6.07, 6.45) is 11.5. The van der Waals surface area contributed by atoms with Gasteiger partial charge in [-0.05, 0) is 0 Å². The molecule has 0 saturated carbocycles. The van der Waals surface area contributed by atoms with E-state index in [1.165, 1.54) is 57.8 Å². The van der Waals surface area contributed by atoms with Gasteiger partial charge in [-0.15, -0.1) is 0 Å². The van der Waals surface area contributed by atoms with E-state index in [1.807, 2.05) is 0 Å². The van der Waals surface area contributed by atoms with Crippen molar-refractivity contribution in [2.45, 2.75) is 57.8 Å². The van der Waals surface area contributed by atoms with Crippen molar-refractivity contribution in [1.82, 2.24) is 18.7 Å². The zero-order valence-corrected chi connectivity index (χ0v) is 20.5. The molecule has 172 valence electrons. The van der Waals surface area contributed by atoms with Gasteiger partial charge >= 0.3 is 184 Å². The number of hydrogen-bond donors (Lipinski definition) is 0. The van der Waals surface area contributed by atoms with Gasteiger partial charge in [-0.2, -0.15) is 0 Å². The zero-order chi connectivity index (χ0) is 20.6. The van der Waals surface area contributed by atoms with Gasteiger partial charge in [0.1, 0.15) is 0 Å². The summed E-state index contributed by atoms with van der Waals surface area (Å²) in [5.74, 6) is 0. The number of piperidine rings is 3. The van der Waals surface area contributed by atoms with Crippen LogP contribution in [0.4, 0.5) is 0 Å². The van der Waals surface area contributed by atoms with Gasteiger partial charge < -0.3 is 0 Å². The van der Waals surface area contributed by atoms with Gasteiger partial charge in [-0.25, -0.2) is 0 Å². The van der Waals surface area contributed by atoms with E-state index < -0.39 is 6.56 Å². The van der Waals surface area contributed by atoms with Crippen molar-refractivity contribution in [3.63, 3.8) is 0 Å². The van der Waals surface area contributed by atoms with Crippen LogP contribution in [0.15, 0.2) is 0 Å². The van der Waals surface area contributed by atoms with Crippen LogP contribution in [0, 0.1) is 0 Å². The van der Waals surface area contributed by atoms with E-state index in [4.69, 9.17) is 20.7 Å². The Morgan fingerprint density at radius 2 is 0.931 bits per heavy atom. The van der Waals surface area contributed by atoms with E-state index in [0.717, 1.165) is 52.4 Å². The van der Waals surface area contributed by atoms with Crippen LogP contribution in [0.3, 0.4) is 0 Å². The van der Waals surface area contributed by atoms with Crippen LogP contribution in [-0.4, -0.2) is 98.5 Å². The van der Waals surface area contributed by atoms with Crippen molar-refractivity contribution in [2.75, 3.05) is 79.8 Å². The molecule has 6 nitrogen and oxygen atoms in total. The Labute approximate surface area is 183 Å². The predicted octanol–water partition coefficient (Wildman–Crippen LogP) is 4.41. The normalized spacial score (nSPS) is 25.2. The summed E-state index contributed by atoms with van der Waals surface area (Å²) in [5, 5.41) is 0. The van der Waals surface area contributed by atoms with Crippen LogP contribution in [-0.2, 0) is 9.47 Å². The van der Waals surface area contributed by atoms with Gasteiger partial charge in [0.25, 0.3) is 0 Å². The van der Waals surface area contributed by atoms with E-state index in [9.17, 15) is 0 Å². The first-order valence-corrected chi connectivity index (χ1v) is 14.8. The number of hydrogen-bond acceptors (Lipinski definition) is 6. The predicted molar refractivity (Wildman–Crippen MR) is 124 cm³/mol. The molecule has 0 aromatic heterocycles. The molecule has 3 aliphatic rings. The summed E-state index contributed by atoms with van der Waals surface area (Å²) < 4.78 is 22.0. The van der Waals surface area contributed by atoms with Crippen LogP contribution < -0.4 is 0 Å². The molecule has 0 N–H and O–H groups in total. The molecule has 3 rings (SSSR count). The molecule has 8 heteroatoms. The Bertz CT molecular complexity index is 427. The van der Waals surface area contributed by atoms with E-state index in [-0.39, 0.29) is 0 Å². The fraction of sp³-hybridized carbons (Fsp3) is 1.00. The Hall–Kier alpha value is 0.480. The van der Waals surface area contributed by atoms with Gasteiger partial charge in [-0.1, -0.05) is 0 Å². The molecule has 0 aliphatic carbocycles. The summed E-state index contributed by atoms with van der Waals surface area (Å²) in [7, 11) is 3.61. The van der Waals surface area contributed by atoms with E-state index in [2.05, 4.69) is 18.7 Å². The topological polar surface area (TPSA) is 31.4 Å². The van der Waals surface area contributed by atoms with Crippen molar-refractivity contribution >= 4 is 17.8 Å². The Kier molecular flexibility index (Phi) is 9.47. The molecule has 3 saturated heterocycles. The fourth-order valence-electron chi connectivity index (χ4n) is 5.59. The van der Waals surface area contributed by atoms with E-state index in [1.54, 1.807) is 14.2 Å². The van der Waals surface area contributed by atoms with Gasteiger partial charge in [0, 0.05) is 0 Å². The van der Waals surface area contributed by atoms with Gasteiger partial charge in [0.05, 0.1) is 0 Å². The number of methoxy groups -OCH3 is 2. The van der Waals surface area contributed by atoms with Gasteiger partial charge in [-0.3, -0.25) is 0 Å². The Balaban J connectivity index is 2.09. The first-order chi connectivity index (χ1) is 14.2. The quantitative estimate of drug-likeness (QED) is 0.458. The zero-order valence-electron chi connectivity index (χ0n) is 18.9. The molecular weight excluding hydrogens is 407 g/mol. The Morgan fingerprint density at radius 3 is 1.21 bits per heavy atom. The molecule has 0 atom stereocenters. The van der Waals surface area contributed by atoms with Crippen molar-refractivity contribution in [1.29, 1.82) is 0 Å². The molecule has 3 aliphatic heterocycles. The minimum absolute atomic E-state index is 0.712. The molecule has 3 fully saturated rings. The summed E-state index contributed by atoms with van der Waals surface area (Å²) in [6, 6.07) is 0. The third-order valence-corrected chi connectivity index (χ3v) is 15.1. The fourth-order valence-corrected chi connectivity index (χ4v) is 13.3. The second-order valence-electron chi connectivity index (χ2n) is 8.82. The van der Waals surface area contributed by atoms with E-state index >= 15 is 0 Å². The third-order valence-electron chi connectivity index (χ3n) is 7.05. The maximum absolute atomic E-state index is 8.39. The summed E-state index contributed by atoms with van der Waals surface area (Å²) >= 11 is 8.39. The summed E-state index contributed by atoms with van der Waals surface area (Å²) in [5.41, 5.74) is 0. The standard InChI is InChI=1S/C21H44ClN4O2P/c1-27-20-18-26(19-21-28-2)29(22,23-12-6-3-7-13-23,24-14-8-4-9-15-24)25-16-10-5-11-17-25/h3-21H2,1-2H3. The Morgan fingerprint density at radius 1 is 0.621 bits per heavy atom. The average Bonchev–Trinajstić information content (AvgIpc) is 2.80. The number of rotatable bonds is 10. The van der Waals surface area contributed by atoms with Gasteiger partial charge in [0.15, 0.2) is 0 Å². The number of nitrogens with zero attached hydrogens (tertiary/aromatic N) is 4.